The Labute approximate surface area is 129 Å². The number of benzene rings is 1. The molecule has 0 spiro atoms. The van der Waals surface area contributed by atoms with E-state index in [1.807, 2.05) is 0 Å². The maximum atomic E-state index is 11.4. The fraction of sp³-hybridized carbons (Fsp3) is 0.308. The van der Waals surface area contributed by atoms with Crippen molar-refractivity contribution in [1.82, 2.24) is 10.7 Å². The summed E-state index contributed by atoms with van der Waals surface area (Å²) in [6, 6.07) is 3.35. The van der Waals surface area contributed by atoms with Gasteiger partial charge in [-0.1, -0.05) is 0 Å². The third kappa shape index (κ3) is 3.94. The Kier molecular flexibility index (Phi) is 4.79. The number of nitrogens with zero attached hydrogens (tertiary/aromatic N) is 1. The van der Waals surface area contributed by atoms with Gasteiger partial charge in [0.25, 0.3) is 0 Å². The summed E-state index contributed by atoms with van der Waals surface area (Å²) in [6.45, 7) is 3.70. The van der Waals surface area contributed by atoms with Crippen molar-refractivity contribution in [1.29, 1.82) is 0 Å². The standard InChI is InChI=1S/C13H14BrN3O4/c1-7(2)16-12(18)13(19)17-15-5-8-3-10-11(4-9(8)14)21-6-20-10/h3-5,7H,6H2,1-2H3,(H,16,18)(H,17,19)/b15-5-. The average Bonchev–Trinajstić information content (AvgIpc) is 2.84. The first-order valence-corrected chi connectivity index (χ1v) is 6.99. The summed E-state index contributed by atoms with van der Waals surface area (Å²) in [6.07, 6.45) is 1.41. The van der Waals surface area contributed by atoms with Crippen molar-refractivity contribution in [3.05, 3.63) is 22.2 Å². The lowest BCUT2D eigenvalue weighted by molar-refractivity contribution is -0.139. The zero-order chi connectivity index (χ0) is 15.4. The molecule has 1 aliphatic heterocycles. The van der Waals surface area contributed by atoms with Crippen molar-refractivity contribution >= 4 is 34.0 Å². The monoisotopic (exact) mass is 355 g/mol. The number of hydrazone groups is 1. The molecule has 0 radical (unpaired) electrons. The molecule has 8 heteroatoms. The first-order chi connectivity index (χ1) is 9.97. The molecule has 0 saturated carbocycles. The van der Waals surface area contributed by atoms with Crippen LogP contribution in [0.15, 0.2) is 21.7 Å². The van der Waals surface area contributed by atoms with E-state index in [-0.39, 0.29) is 12.8 Å². The van der Waals surface area contributed by atoms with E-state index in [4.69, 9.17) is 9.47 Å². The Bertz CT molecular complexity index is 601. The van der Waals surface area contributed by atoms with Gasteiger partial charge in [-0.2, -0.15) is 5.10 Å². The van der Waals surface area contributed by atoms with Crippen molar-refractivity contribution in [2.45, 2.75) is 19.9 Å². The van der Waals surface area contributed by atoms with Crippen LogP contribution in [0.3, 0.4) is 0 Å². The molecule has 2 amide bonds. The van der Waals surface area contributed by atoms with Crippen LogP contribution >= 0.6 is 15.9 Å². The molecule has 1 aromatic rings. The van der Waals surface area contributed by atoms with Crippen LogP contribution in [0.25, 0.3) is 0 Å². The van der Waals surface area contributed by atoms with E-state index in [1.54, 1.807) is 26.0 Å². The molecule has 7 nitrogen and oxygen atoms in total. The molecule has 2 N–H and O–H groups in total. The zero-order valence-electron chi connectivity index (χ0n) is 11.5. The van der Waals surface area contributed by atoms with Gasteiger partial charge in [-0.3, -0.25) is 9.59 Å². The number of hydrogen-bond acceptors (Lipinski definition) is 5. The number of ether oxygens (including phenoxy) is 2. The predicted octanol–water partition coefficient (Wildman–Crippen LogP) is 1.15. The fourth-order valence-corrected chi connectivity index (χ4v) is 2.00. The molecule has 1 heterocycles. The number of nitrogens with one attached hydrogen (secondary N) is 2. The van der Waals surface area contributed by atoms with E-state index in [2.05, 4.69) is 31.8 Å². The van der Waals surface area contributed by atoms with Crippen molar-refractivity contribution in [3.63, 3.8) is 0 Å². The molecule has 0 atom stereocenters. The van der Waals surface area contributed by atoms with Gasteiger partial charge in [0.1, 0.15) is 0 Å². The van der Waals surface area contributed by atoms with Crippen LogP contribution in [0.2, 0.25) is 0 Å². The van der Waals surface area contributed by atoms with Crippen LogP contribution < -0.4 is 20.2 Å². The van der Waals surface area contributed by atoms with E-state index in [1.165, 1.54) is 6.21 Å². The molecule has 21 heavy (non-hydrogen) atoms. The smallest absolute Gasteiger partial charge is 0.329 e. The number of amides is 2. The largest absolute Gasteiger partial charge is 0.454 e. The molecule has 0 unspecified atom stereocenters. The van der Waals surface area contributed by atoms with Crippen LogP contribution in [0.5, 0.6) is 11.5 Å². The van der Waals surface area contributed by atoms with E-state index in [0.717, 1.165) is 4.47 Å². The highest BCUT2D eigenvalue weighted by Gasteiger charge is 2.16. The summed E-state index contributed by atoms with van der Waals surface area (Å²) < 4.78 is 11.2. The Morgan fingerprint density at radius 1 is 1.29 bits per heavy atom. The fourth-order valence-electron chi connectivity index (χ4n) is 1.57. The average molecular weight is 356 g/mol. The maximum absolute atomic E-state index is 11.4. The normalized spacial score (nSPS) is 12.8. The molecule has 1 aromatic carbocycles. The highest BCUT2D eigenvalue weighted by molar-refractivity contribution is 9.10. The van der Waals surface area contributed by atoms with Gasteiger partial charge in [0.2, 0.25) is 6.79 Å². The molecule has 0 fully saturated rings. The maximum Gasteiger partial charge on any atom is 0.329 e. The van der Waals surface area contributed by atoms with Gasteiger partial charge >= 0.3 is 11.8 Å². The molecule has 0 saturated heterocycles. The SMILES string of the molecule is CC(C)NC(=O)C(=O)N/N=C\c1cc2c(cc1Br)OCO2. The lowest BCUT2D eigenvalue weighted by Crippen LogP contribution is -2.41. The van der Waals surface area contributed by atoms with E-state index in [9.17, 15) is 9.59 Å². The minimum Gasteiger partial charge on any atom is -0.454 e. The predicted molar refractivity (Wildman–Crippen MR) is 79.3 cm³/mol. The van der Waals surface area contributed by atoms with Crippen molar-refractivity contribution < 1.29 is 19.1 Å². The van der Waals surface area contributed by atoms with Crippen molar-refractivity contribution in [2.75, 3.05) is 6.79 Å². The summed E-state index contributed by atoms with van der Waals surface area (Å²) >= 11 is 3.36. The second-order valence-electron chi connectivity index (χ2n) is 4.55. The number of halogens is 1. The molecular weight excluding hydrogens is 342 g/mol. The van der Waals surface area contributed by atoms with Gasteiger partial charge < -0.3 is 14.8 Å². The van der Waals surface area contributed by atoms with Crippen molar-refractivity contribution in [3.8, 4) is 11.5 Å². The quantitative estimate of drug-likeness (QED) is 0.483. The Hall–Kier alpha value is -2.09. The molecule has 112 valence electrons. The second kappa shape index (κ2) is 6.57. The summed E-state index contributed by atoms with van der Waals surface area (Å²) in [7, 11) is 0. The van der Waals surface area contributed by atoms with Gasteiger partial charge in [-0.25, -0.2) is 5.43 Å². The number of rotatable bonds is 3. The van der Waals surface area contributed by atoms with Gasteiger partial charge in [0, 0.05) is 16.1 Å². The Morgan fingerprint density at radius 2 is 1.95 bits per heavy atom. The van der Waals surface area contributed by atoms with Crippen LogP contribution in [0.4, 0.5) is 0 Å². The summed E-state index contributed by atoms with van der Waals surface area (Å²) in [5.74, 6) is -0.313. The molecule has 1 aliphatic rings. The van der Waals surface area contributed by atoms with Crippen LogP contribution in [0.1, 0.15) is 19.4 Å². The summed E-state index contributed by atoms with van der Waals surface area (Å²) in [5, 5.41) is 6.21. The van der Waals surface area contributed by atoms with Crippen LogP contribution in [-0.4, -0.2) is 30.9 Å². The van der Waals surface area contributed by atoms with Gasteiger partial charge in [-0.05, 0) is 41.9 Å². The van der Waals surface area contributed by atoms with Crippen LogP contribution in [0, 0.1) is 0 Å². The second-order valence-corrected chi connectivity index (χ2v) is 5.41. The molecular formula is C13H14BrN3O4. The third-order valence-corrected chi connectivity index (χ3v) is 3.17. The number of fused-ring (bicyclic) bond motifs is 1. The topological polar surface area (TPSA) is 89.0 Å². The summed E-state index contributed by atoms with van der Waals surface area (Å²) in [4.78, 5) is 22.8. The highest BCUT2D eigenvalue weighted by atomic mass is 79.9. The first-order valence-electron chi connectivity index (χ1n) is 6.20. The van der Waals surface area contributed by atoms with Crippen LogP contribution in [-0.2, 0) is 9.59 Å². The molecule has 0 aliphatic carbocycles. The minimum atomic E-state index is -0.822. The Balaban J connectivity index is 1.99. The van der Waals surface area contributed by atoms with Gasteiger partial charge in [-0.15, -0.1) is 0 Å². The van der Waals surface area contributed by atoms with Gasteiger partial charge in [0.15, 0.2) is 11.5 Å². The number of hydrogen-bond donors (Lipinski definition) is 2. The lowest BCUT2D eigenvalue weighted by atomic mass is 10.2. The first kappa shape index (κ1) is 15.3. The highest BCUT2D eigenvalue weighted by Crippen LogP contribution is 2.36. The summed E-state index contributed by atoms with van der Waals surface area (Å²) in [5.41, 5.74) is 2.84. The van der Waals surface area contributed by atoms with E-state index >= 15 is 0 Å². The van der Waals surface area contributed by atoms with Crippen molar-refractivity contribution in [2.24, 2.45) is 5.10 Å². The molecule has 0 bridgehead atoms. The number of carbonyl (C=O) groups is 2. The Morgan fingerprint density at radius 3 is 2.62 bits per heavy atom. The van der Waals surface area contributed by atoms with E-state index < -0.39 is 11.8 Å². The van der Waals surface area contributed by atoms with Gasteiger partial charge in [0.05, 0.1) is 6.21 Å². The minimum absolute atomic E-state index is 0.116. The zero-order valence-corrected chi connectivity index (χ0v) is 13.1. The number of carbonyl (C=O) groups excluding carboxylic acids is 2. The lowest BCUT2D eigenvalue weighted by Gasteiger charge is -2.06. The molecule has 0 aromatic heterocycles. The molecule has 2 rings (SSSR count). The third-order valence-electron chi connectivity index (χ3n) is 2.49. The van der Waals surface area contributed by atoms with E-state index in [0.29, 0.717) is 17.1 Å².